The van der Waals surface area contributed by atoms with Crippen molar-refractivity contribution in [1.82, 2.24) is 14.8 Å². The molecule has 3 rings (SSSR count). The minimum absolute atomic E-state index is 0.265. The van der Waals surface area contributed by atoms with E-state index in [9.17, 15) is 5.11 Å². The number of rotatable bonds is 3. The van der Waals surface area contributed by atoms with Gasteiger partial charge in [-0.15, -0.1) is 0 Å². The number of hydrogen-bond acceptors (Lipinski definition) is 4. The van der Waals surface area contributed by atoms with E-state index in [4.69, 9.17) is 16.7 Å². The van der Waals surface area contributed by atoms with Crippen molar-refractivity contribution in [2.24, 2.45) is 0 Å². The van der Waals surface area contributed by atoms with Crippen molar-refractivity contribution < 1.29 is 5.11 Å². The van der Waals surface area contributed by atoms with E-state index in [1.165, 1.54) is 0 Å². The maximum atomic E-state index is 9.73. The zero-order valence-electron chi connectivity index (χ0n) is 11.8. The van der Waals surface area contributed by atoms with Gasteiger partial charge >= 0.3 is 0 Å². The fourth-order valence-corrected chi connectivity index (χ4v) is 2.82. The lowest BCUT2D eigenvalue weighted by atomic mass is 10.2. The third-order valence-corrected chi connectivity index (χ3v) is 4.22. The number of hydrogen-bond donors (Lipinski definition) is 1. The van der Waals surface area contributed by atoms with Crippen LogP contribution in [-0.2, 0) is 0 Å². The fourth-order valence-electron chi connectivity index (χ4n) is 2.67. The highest BCUT2D eigenvalue weighted by Gasteiger charge is 2.25. The largest absolute Gasteiger partial charge is 0.391 e. The molecule has 3 heterocycles. The first-order valence-electron chi connectivity index (χ1n) is 7.07. The van der Waals surface area contributed by atoms with Crippen LogP contribution >= 0.6 is 11.6 Å². The molecule has 1 aliphatic heterocycles. The number of aliphatic hydroxyl groups is 1. The molecule has 2 aromatic rings. The Morgan fingerprint density at radius 2 is 2.35 bits per heavy atom. The van der Waals surface area contributed by atoms with Gasteiger partial charge in [-0.1, -0.05) is 18.5 Å². The predicted molar refractivity (Wildman–Crippen MR) is 80.4 cm³/mol. The van der Waals surface area contributed by atoms with Crippen LogP contribution in [0.15, 0.2) is 12.3 Å². The summed E-state index contributed by atoms with van der Waals surface area (Å²) in [5.41, 5.74) is 1.01. The third kappa shape index (κ3) is 2.25. The maximum absolute atomic E-state index is 9.73. The minimum Gasteiger partial charge on any atom is -0.391 e. The van der Waals surface area contributed by atoms with Crippen LogP contribution < -0.4 is 4.90 Å². The lowest BCUT2D eigenvalue weighted by molar-refractivity contribution is 0.198. The SMILES string of the molecule is CC[C@H](C)n1nc(N2CCC(O)C2)c2cnc(Cl)cc21. The Balaban J connectivity index is 2.12. The number of halogens is 1. The zero-order valence-corrected chi connectivity index (χ0v) is 12.5. The Kier molecular flexibility index (Phi) is 3.56. The van der Waals surface area contributed by atoms with Gasteiger partial charge in [0.1, 0.15) is 5.15 Å². The number of anilines is 1. The van der Waals surface area contributed by atoms with Crippen LogP contribution in [0.2, 0.25) is 5.15 Å². The zero-order chi connectivity index (χ0) is 14.3. The molecule has 0 spiro atoms. The molecule has 0 amide bonds. The molecule has 0 radical (unpaired) electrons. The molecule has 0 aromatic carbocycles. The number of aromatic nitrogens is 3. The summed E-state index contributed by atoms with van der Waals surface area (Å²) >= 11 is 6.02. The van der Waals surface area contributed by atoms with Gasteiger partial charge in [0, 0.05) is 31.4 Å². The van der Waals surface area contributed by atoms with E-state index in [2.05, 4.69) is 23.7 Å². The van der Waals surface area contributed by atoms with Crippen molar-refractivity contribution in [1.29, 1.82) is 0 Å². The molecular formula is C14H19ClN4O. The van der Waals surface area contributed by atoms with Crippen LogP contribution in [0.1, 0.15) is 32.7 Å². The molecule has 1 aliphatic rings. The monoisotopic (exact) mass is 294 g/mol. The van der Waals surface area contributed by atoms with Gasteiger partial charge in [-0.2, -0.15) is 5.10 Å². The van der Waals surface area contributed by atoms with E-state index in [0.717, 1.165) is 36.1 Å². The van der Waals surface area contributed by atoms with E-state index in [-0.39, 0.29) is 6.10 Å². The van der Waals surface area contributed by atoms with E-state index < -0.39 is 0 Å². The average Bonchev–Trinajstić information content (AvgIpc) is 3.01. The summed E-state index contributed by atoms with van der Waals surface area (Å²) in [5.74, 6) is 0.904. The van der Waals surface area contributed by atoms with Gasteiger partial charge in [-0.25, -0.2) is 4.98 Å². The summed E-state index contributed by atoms with van der Waals surface area (Å²) in [7, 11) is 0. The highest BCUT2D eigenvalue weighted by Crippen LogP contribution is 2.31. The first-order chi connectivity index (χ1) is 9.60. The first-order valence-corrected chi connectivity index (χ1v) is 7.44. The topological polar surface area (TPSA) is 54.2 Å². The van der Waals surface area contributed by atoms with Crippen molar-refractivity contribution in [2.75, 3.05) is 18.0 Å². The molecule has 1 N–H and O–H groups in total. The normalized spacial score (nSPS) is 20.8. The standard InChI is InChI=1S/C14H19ClN4O/c1-3-9(2)19-12-6-13(15)16-7-11(12)14(17-19)18-5-4-10(20)8-18/h6-7,9-10,20H,3-5,8H2,1-2H3/t9-,10?/m0/s1. The summed E-state index contributed by atoms with van der Waals surface area (Å²) in [4.78, 5) is 6.31. The van der Waals surface area contributed by atoms with Crippen LogP contribution in [0.25, 0.3) is 10.9 Å². The smallest absolute Gasteiger partial charge is 0.160 e. The Morgan fingerprint density at radius 1 is 1.55 bits per heavy atom. The molecule has 6 heteroatoms. The van der Waals surface area contributed by atoms with Gasteiger partial charge in [0.15, 0.2) is 5.82 Å². The number of pyridine rings is 1. The van der Waals surface area contributed by atoms with Gasteiger partial charge in [0.25, 0.3) is 0 Å². The summed E-state index contributed by atoms with van der Waals surface area (Å²) in [6.07, 6.45) is 3.31. The molecule has 2 aromatic heterocycles. The predicted octanol–water partition coefficient (Wildman–Crippen LogP) is 2.63. The van der Waals surface area contributed by atoms with Gasteiger partial charge in [-0.3, -0.25) is 4.68 Å². The molecular weight excluding hydrogens is 276 g/mol. The average molecular weight is 295 g/mol. The van der Waals surface area contributed by atoms with E-state index >= 15 is 0 Å². The van der Waals surface area contributed by atoms with Crippen molar-refractivity contribution in [3.8, 4) is 0 Å². The molecule has 1 unspecified atom stereocenters. The second-order valence-electron chi connectivity index (χ2n) is 5.44. The van der Waals surface area contributed by atoms with Crippen molar-refractivity contribution in [3.05, 3.63) is 17.4 Å². The summed E-state index contributed by atoms with van der Waals surface area (Å²) in [5, 5.41) is 16.0. The van der Waals surface area contributed by atoms with Gasteiger partial charge in [0.05, 0.1) is 17.0 Å². The molecule has 5 nitrogen and oxygen atoms in total. The van der Waals surface area contributed by atoms with E-state index in [0.29, 0.717) is 17.7 Å². The van der Waals surface area contributed by atoms with Crippen LogP contribution in [-0.4, -0.2) is 39.1 Å². The van der Waals surface area contributed by atoms with Gasteiger partial charge < -0.3 is 10.0 Å². The molecule has 20 heavy (non-hydrogen) atoms. The van der Waals surface area contributed by atoms with Crippen molar-refractivity contribution in [3.63, 3.8) is 0 Å². The quantitative estimate of drug-likeness (QED) is 0.884. The minimum atomic E-state index is -0.265. The van der Waals surface area contributed by atoms with Crippen LogP contribution in [0.5, 0.6) is 0 Å². The van der Waals surface area contributed by atoms with Crippen molar-refractivity contribution in [2.45, 2.75) is 38.8 Å². The van der Waals surface area contributed by atoms with Crippen LogP contribution in [0.3, 0.4) is 0 Å². The molecule has 1 fully saturated rings. The highest BCUT2D eigenvalue weighted by molar-refractivity contribution is 6.30. The maximum Gasteiger partial charge on any atom is 0.160 e. The molecule has 0 saturated carbocycles. The summed E-state index contributed by atoms with van der Waals surface area (Å²) in [6, 6.07) is 2.17. The first kappa shape index (κ1) is 13.6. The van der Waals surface area contributed by atoms with Gasteiger partial charge in [-0.05, 0) is 19.8 Å². The highest BCUT2D eigenvalue weighted by atomic mass is 35.5. The number of aliphatic hydroxyl groups excluding tert-OH is 1. The van der Waals surface area contributed by atoms with Crippen LogP contribution in [0, 0.1) is 0 Å². The van der Waals surface area contributed by atoms with E-state index in [1.54, 1.807) is 6.20 Å². The molecule has 108 valence electrons. The second-order valence-corrected chi connectivity index (χ2v) is 5.83. The Labute approximate surface area is 123 Å². The van der Waals surface area contributed by atoms with Crippen LogP contribution in [0.4, 0.5) is 5.82 Å². The number of nitrogens with zero attached hydrogens (tertiary/aromatic N) is 4. The van der Waals surface area contributed by atoms with E-state index in [1.807, 2.05) is 10.7 Å². The van der Waals surface area contributed by atoms with Gasteiger partial charge in [0.2, 0.25) is 0 Å². The molecule has 2 atom stereocenters. The third-order valence-electron chi connectivity index (χ3n) is 4.01. The summed E-state index contributed by atoms with van der Waals surface area (Å²) < 4.78 is 2.02. The Morgan fingerprint density at radius 3 is 3.00 bits per heavy atom. The molecule has 0 aliphatic carbocycles. The molecule has 0 bridgehead atoms. The molecule has 1 saturated heterocycles. The fraction of sp³-hybridized carbons (Fsp3) is 0.571. The Hall–Kier alpha value is -1.33. The number of β-amino-alcohol motifs (C(OH)–C–C–N with tert-alkyl or cyclic N) is 1. The Bertz CT molecular complexity index is 627. The number of fused-ring (bicyclic) bond motifs is 1. The lowest BCUT2D eigenvalue weighted by Crippen LogP contribution is -2.22. The summed E-state index contributed by atoms with van der Waals surface area (Å²) in [6.45, 7) is 5.75. The lowest BCUT2D eigenvalue weighted by Gasteiger charge is -2.15. The van der Waals surface area contributed by atoms with Crippen molar-refractivity contribution >= 4 is 28.3 Å². The second kappa shape index (κ2) is 5.22.